The number of urea groups is 1. The Bertz CT molecular complexity index is 759. The SMILES string of the molecule is CN1CCN(c2ncc(NC(=O)Nc3ccc(C(C)(C)C)cc3)cn2)CC1. The standard InChI is InChI=1S/C20H28N6O/c1-20(2,3)15-5-7-16(8-6-15)23-19(27)24-17-13-21-18(22-14-17)26-11-9-25(4)10-12-26/h5-8,13-14H,9-12H2,1-4H3,(H2,23,24,27). The summed E-state index contributed by atoms with van der Waals surface area (Å²) in [5.41, 5.74) is 2.62. The van der Waals surface area contributed by atoms with Gasteiger partial charge in [0.25, 0.3) is 0 Å². The first-order valence-corrected chi connectivity index (χ1v) is 9.25. The number of aromatic nitrogens is 2. The van der Waals surface area contributed by atoms with Crippen LogP contribution in [0.4, 0.5) is 22.1 Å². The van der Waals surface area contributed by atoms with Gasteiger partial charge in [-0.1, -0.05) is 32.9 Å². The van der Waals surface area contributed by atoms with Crippen LogP contribution >= 0.6 is 0 Å². The molecule has 3 rings (SSSR count). The van der Waals surface area contributed by atoms with Crippen LogP contribution in [0.1, 0.15) is 26.3 Å². The van der Waals surface area contributed by atoms with Crippen molar-refractivity contribution in [2.45, 2.75) is 26.2 Å². The lowest BCUT2D eigenvalue weighted by Crippen LogP contribution is -2.45. The van der Waals surface area contributed by atoms with E-state index in [1.165, 1.54) is 5.56 Å². The molecule has 1 aromatic heterocycles. The van der Waals surface area contributed by atoms with E-state index in [0.29, 0.717) is 11.6 Å². The molecule has 0 unspecified atom stereocenters. The Kier molecular flexibility index (Phi) is 5.60. The van der Waals surface area contributed by atoms with E-state index in [4.69, 9.17) is 0 Å². The summed E-state index contributed by atoms with van der Waals surface area (Å²) < 4.78 is 0. The fraction of sp³-hybridized carbons (Fsp3) is 0.450. The number of amides is 2. The predicted octanol–water partition coefficient (Wildman–Crippen LogP) is 3.17. The van der Waals surface area contributed by atoms with E-state index in [1.54, 1.807) is 12.4 Å². The molecule has 0 aliphatic carbocycles. The van der Waals surface area contributed by atoms with E-state index in [-0.39, 0.29) is 11.4 Å². The van der Waals surface area contributed by atoms with Crippen LogP contribution in [0.2, 0.25) is 0 Å². The number of piperazine rings is 1. The highest BCUT2D eigenvalue weighted by Gasteiger charge is 2.16. The van der Waals surface area contributed by atoms with Gasteiger partial charge in [-0.15, -0.1) is 0 Å². The fourth-order valence-electron chi connectivity index (χ4n) is 2.90. The van der Waals surface area contributed by atoms with Crippen molar-refractivity contribution in [3.05, 3.63) is 42.2 Å². The van der Waals surface area contributed by atoms with Gasteiger partial charge in [0.15, 0.2) is 0 Å². The van der Waals surface area contributed by atoms with E-state index in [2.05, 4.69) is 58.2 Å². The highest BCUT2D eigenvalue weighted by Crippen LogP contribution is 2.23. The lowest BCUT2D eigenvalue weighted by atomic mass is 9.87. The average molecular weight is 368 g/mol. The summed E-state index contributed by atoms with van der Waals surface area (Å²) in [4.78, 5) is 25.4. The lowest BCUT2D eigenvalue weighted by molar-refractivity contribution is 0.262. The third-order valence-corrected chi connectivity index (χ3v) is 4.69. The molecule has 0 spiro atoms. The Morgan fingerprint density at radius 1 is 0.926 bits per heavy atom. The molecule has 7 heteroatoms. The van der Waals surface area contributed by atoms with Crippen LogP contribution in [0.25, 0.3) is 0 Å². The first kappa shape index (κ1) is 19.1. The molecule has 1 aromatic carbocycles. The zero-order valence-electron chi connectivity index (χ0n) is 16.5. The number of carbonyl (C=O) groups excluding carboxylic acids is 1. The van der Waals surface area contributed by atoms with Gasteiger partial charge >= 0.3 is 6.03 Å². The number of rotatable bonds is 3. The number of carbonyl (C=O) groups is 1. The molecule has 1 fully saturated rings. The normalized spacial score (nSPS) is 15.5. The quantitative estimate of drug-likeness (QED) is 0.870. The van der Waals surface area contributed by atoms with E-state index in [9.17, 15) is 4.79 Å². The van der Waals surface area contributed by atoms with Crippen LogP contribution in [-0.2, 0) is 5.41 Å². The molecular weight excluding hydrogens is 340 g/mol. The molecule has 1 aliphatic heterocycles. The van der Waals surface area contributed by atoms with Crippen molar-refractivity contribution >= 4 is 23.4 Å². The molecule has 1 saturated heterocycles. The zero-order chi connectivity index (χ0) is 19.4. The summed E-state index contributed by atoms with van der Waals surface area (Å²) in [6.45, 7) is 10.3. The highest BCUT2D eigenvalue weighted by atomic mass is 16.2. The Morgan fingerprint density at radius 3 is 2.04 bits per heavy atom. The van der Waals surface area contributed by atoms with Crippen molar-refractivity contribution in [3.63, 3.8) is 0 Å². The van der Waals surface area contributed by atoms with E-state index < -0.39 is 0 Å². The monoisotopic (exact) mass is 368 g/mol. The second kappa shape index (κ2) is 7.92. The lowest BCUT2D eigenvalue weighted by Gasteiger charge is -2.32. The van der Waals surface area contributed by atoms with Gasteiger partial charge < -0.3 is 20.4 Å². The van der Waals surface area contributed by atoms with Gasteiger partial charge in [0, 0.05) is 31.9 Å². The minimum atomic E-state index is -0.311. The zero-order valence-corrected chi connectivity index (χ0v) is 16.5. The molecule has 2 aromatic rings. The first-order valence-electron chi connectivity index (χ1n) is 9.25. The maximum Gasteiger partial charge on any atom is 0.323 e. The molecule has 0 saturated carbocycles. The molecular formula is C20H28N6O. The topological polar surface area (TPSA) is 73.4 Å². The molecule has 0 atom stereocenters. The highest BCUT2D eigenvalue weighted by molar-refractivity contribution is 5.99. The van der Waals surface area contributed by atoms with Gasteiger partial charge in [-0.25, -0.2) is 14.8 Å². The van der Waals surface area contributed by atoms with Crippen LogP contribution in [0, 0.1) is 0 Å². The van der Waals surface area contributed by atoms with Crippen molar-refractivity contribution in [3.8, 4) is 0 Å². The largest absolute Gasteiger partial charge is 0.338 e. The number of hydrogen-bond donors (Lipinski definition) is 2. The molecule has 2 heterocycles. The Morgan fingerprint density at radius 2 is 1.48 bits per heavy atom. The van der Waals surface area contributed by atoms with Crippen LogP contribution in [-0.4, -0.2) is 54.1 Å². The number of benzene rings is 1. The molecule has 144 valence electrons. The summed E-state index contributed by atoms with van der Waals surface area (Å²) >= 11 is 0. The van der Waals surface area contributed by atoms with Crippen LogP contribution in [0.3, 0.4) is 0 Å². The van der Waals surface area contributed by atoms with Crippen LogP contribution in [0.5, 0.6) is 0 Å². The summed E-state index contributed by atoms with van der Waals surface area (Å²) in [5.74, 6) is 0.701. The van der Waals surface area contributed by atoms with Gasteiger partial charge in [-0.2, -0.15) is 0 Å². The maximum atomic E-state index is 12.2. The molecule has 7 nitrogen and oxygen atoms in total. The van der Waals surface area contributed by atoms with Crippen molar-refractivity contribution < 1.29 is 4.79 Å². The number of nitrogens with zero attached hydrogens (tertiary/aromatic N) is 4. The number of anilines is 3. The summed E-state index contributed by atoms with van der Waals surface area (Å²) in [5, 5.41) is 5.60. The van der Waals surface area contributed by atoms with E-state index in [1.807, 2.05) is 24.3 Å². The number of hydrogen-bond acceptors (Lipinski definition) is 5. The minimum Gasteiger partial charge on any atom is -0.338 e. The van der Waals surface area contributed by atoms with E-state index >= 15 is 0 Å². The molecule has 2 amide bonds. The van der Waals surface area contributed by atoms with Crippen molar-refractivity contribution in [2.24, 2.45) is 0 Å². The smallest absolute Gasteiger partial charge is 0.323 e. The second-order valence-electron chi connectivity index (χ2n) is 7.97. The second-order valence-corrected chi connectivity index (χ2v) is 7.97. The van der Waals surface area contributed by atoms with Gasteiger partial charge in [-0.05, 0) is 30.2 Å². The minimum absolute atomic E-state index is 0.0870. The third-order valence-electron chi connectivity index (χ3n) is 4.69. The molecule has 2 N–H and O–H groups in total. The van der Waals surface area contributed by atoms with Crippen LogP contribution in [0.15, 0.2) is 36.7 Å². The maximum absolute atomic E-state index is 12.2. The van der Waals surface area contributed by atoms with Gasteiger partial charge in [0.2, 0.25) is 5.95 Å². The molecule has 0 radical (unpaired) electrons. The molecule has 1 aliphatic rings. The molecule has 27 heavy (non-hydrogen) atoms. The summed E-state index contributed by atoms with van der Waals surface area (Å²) in [7, 11) is 2.11. The number of nitrogens with one attached hydrogen (secondary N) is 2. The van der Waals surface area contributed by atoms with Gasteiger partial charge in [0.05, 0.1) is 18.1 Å². The first-order chi connectivity index (χ1) is 12.8. The predicted molar refractivity (Wildman–Crippen MR) is 110 cm³/mol. The van der Waals surface area contributed by atoms with Gasteiger partial charge in [0.1, 0.15) is 0 Å². The van der Waals surface area contributed by atoms with Crippen molar-refractivity contribution in [1.29, 1.82) is 0 Å². The Hall–Kier alpha value is -2.67. The summed E-state index contributed by atoms with van der Waals surface area (Å²) in [6.07, 6.45) is 3.28. The third kappa shape index (κ3) is 5.17. The summed E-state index contributed by atoms with van der Waals surface area (Å²) in [6, 6.07) is 7.57. The molecule has 0 bridgehead atoms. The van der Waals surface area contributed by atoms with Gasteiger partial charge in [-0.3, -0.25) is 0 Å². The van der Waals surface area contributed by atoms with Crippen molar-refractivity contribution in [1.82, 2.24) is 14.9 Å². The average Bonchev–Trinajstić information content (AvgIpc) is 2.63. The van der Waals surface area contributed by atoms with Crippen molar-refractivity contribution in [2.75, 3.05) is 48.8 Å². The van der Waals surface area contributed by atoms with Crippen LogP contribution < -0.4 is 15.5 Å². The van der Waals surface area contributed by atoms with E-state index in [0.717, 1.165) is 31.9 Å². The fourth-order valence-corrected chi connectivity index (χ4v) is 2.90. The Labute approximate surface area is 160 Å². The number of likely N-dealkylation sites (N-methyl/N-ethyl adjacent to an activating group) is 1. The Balaban J connectivity index is 1.55.